The van der Waals surface area contributed by atoms with E-state index in [0.29, 0.717) is 0 Å². The van der Waals surface area contributed by atoms with Crippen molar-refractivity contribution in [2.45, 2.75) is 25.7 Å². The van der Waals surface area contributed by atoms with Crippen LogP contribution in [0, 0.1) is 6.92 Å². The predicted molar refractivity (Wildman–Crippen MR) is 114 cm³/mol. The number of aryl methyl sites for hydroxylation is 1. The quantitative estimate of drug-likeness (QED) is 0.442. The first-order chi connectivity index (χ1) is 13.8. The number of aromatic nitrogens is 4. The van der Waals surface area contributed by atoms with Crippen molar-refractivity contribution in [3.8, 4) is 0 Å². The maximum atomic E-state index is 4.89. The van der Waals surface area contributed by atoms with Gasteiger partial charge in [-0.3, -0.25) is 0 Å². The lowest BCUT2D eigenvalue weighted by Gasteiger charge is -2.15. The van der Waals surface area contributed by atoms with Crippen molar-refractivity contribution >= 4 is 22.1 Å². The molecule has 2 N–H and O–H groups in total. The predicted octanol–water partition coefficient (Wildman–Crippen LogP) is 5.32. The number of fused-ring (bicyclic) bond motifs is 2. The number of para-hydroxylation sites is 4. The van der Waals surface area contributed by atoms with Crippen LogP contribution < -0.4 is 0 Å². The number of hydrogen-bond donors (Lipinski definition) is 2. The van der Waals surface area contributed by atoms with E-state index in [-0.39, 0.29) is 5.92 Å². The molecular formula is C24H22N4. The molecule has 1 atom stereocenters. The Labute approximate surface area is 163 Å². The van der Waals surface area contributed by atoms with Gasteiger partial charge in [-0.1, -0.05) is 48.5 Å². The van der Waals surface area contributed by atoms with Gasteiger partial charge in [-0.2, -0.15) is 0 Å². The molecule has 5 rings (SSSR count). The van der Waals surface area contributed by atoms with Gasteiger partial charge in [0.2, 0.25) is 0 Å². The summed E-state index contributed by atoms with van der Waals surface area (Å²) in [4.78, 5) is 16.7. The lowest BCUT2D eigenvalue weighted by atomic mass is 9.93. The number of imidazole rings is 2. The Bertz CT molecular complexity index is 1180. The number of H-pyrrole nitrogens is 2. The van der Waals surface area contributed by atoms with E-state index in [4.69, 9.17) is 9.97 Å². The van der Waals surface area contributed by atoms with Gasteiger partial charge in [-0.05, 0) is 48.7 Å². The largest absolute Gasteiger partial charge is 0.342 e. The number of nitrogens with one attached hydrogen (secondary N) is 2. The van der Waals surface area contributed by atoms with Crippen molar-refractivity contribution in [1.82, 2.24) is 19.9 Å². The summed E-state index contributed by atoms with van der Waals surface area (Å²) >= 11 is 0. The minimum absolute atomic E-state index is 0.217. The summed E-state index contributed by atoms with van der Waals surface area (Å²) in [6.45, 7) is 2.17. The molecule has 4 heteroatoms. The van der Waals surface area contributed by atoms with Gasteiger partial charge in [0, 0.05) is 12.3 Å². The van der Waals surface area contributed by atoms with Crippen molar-refractivity contribution < 1.29 is 0 Å². The summed E-state index contributed by atoms with van der Waals surface area (Å²) in [5.41, 5.74) is 6.85. The molecule has 0 aliphatic rings. The molecule has 4 nitrogen and oxygen atoms in total. The topological polar surface area (TPSA) is 57.4 Å². The average molecular weight is 366 g/mol. The molecule has 0 aliphatic carbocycles. The fourth-order valence-corrected chi connectivity index (χ4v) is 3.87. The van der Waals surface area contributed by atoms with Crippen LogP contribution in [-0.2, 0) is 12.8 Å². The Morgan fingerprint density at radius 3 is 2.07 bits per heavy atom. The maximum Gasteiger partial charge on any atom is 0.111 e. The fraction of sp³-hybridized carbons (Fsp3) is 0.167. The van der Waals surface area contributed by atoms with E-state index >= 15 is 0 Å². The van der Waals surface area contributed by atoms with Gasteiger partial charge < -0.3 is 9.97 Å². The Hall–Kier alpha value is -3.40. The Morgan fingerprint density at radius 2 is 1.36 bits per heavy atom. The van der Waals surface area contributed by atoms with Crippen LogP contribution in [0.2, 0.25) is 0 Å². The lowest BCUT2D eigenvalue weighted by molar-refractivity contribution is 0.626. The first-order valence-corrected chi connectivity index (χ1v) is 9.69. The van der Waals surface area contributed by atoms with Crippen LogP contribution in [0.25, 0.3) is 22.1 Å². The van der Waals surface area contributed by atoms with Gasteiger partial charge in [-0.25, -0.2) is 9.97 Å². The van der Waals surface area contributed by atoms with Gasteiger partial charge in [0.25, 0.3) is 0 Å². The van der Waals surface area contributed by atoms with Crippen LogP contribution in [0.5, 0.6) is 0 Å². The Morgan fingerprint density at radius 1 is 0.714 bits per heavy atom. The van der Waals surface area contributed by atoms with Gasteiger partial charge >= 0.3 is 0 Å². The van der Waals surface area contributed by atoms with E-state index in [1.54, 1.807) is 0 Å². The van der Waals surface area contributed by atoms with E-state index in [2.05, 4.69) is 59.4 Å². The second kappa shape index (κ2) is 6.97. The maximum absolute atomic E-state index is 4.89. The monoisotopic (exact) mass is 366 g/mol. The zero-order valence-electron chi connectivity index (χ0n) is 15.8. The summed E-state index contributed by atoms with van der Waals surface area (Å²) in [7, 11) is 0. The minimum atomic E-state index is 0.217. The molecule has 0 saturated heterocycles. The summed E-state index contributed by atoms with van der Waals surface area (Å²) in [6.07, 6.45) is 1.73. The molecule has 28 heavy (non-hydrogen) atoms. The molecule has 0 aliphatic heterocycles. The first-order valence-electron chi connectivity index (χ1n) is 9.69. The molecule has 0 unspecified atom stereocenters. The molecular weight excluding hydrogens is 344 g/mol. The number of rotatable bonds is 5. The molecule has 2 aromatic heterocycles. The average Bonchev–Trinajstić information content (AvgIpc) is 3.32. The number of nitrogens with zero attached hydrogens (tertiary/aromatic N) is 2. The number of benzene rings is 3. The lowest BCUT2D eigenvalue weighted by Crippen LogP contribution is -2.10. The highest BCUT2D eigenvalue weighted by Gasteiger charge is 2.20. The molecule has 0 bridgehead atoms. The molecule has 0 spiro atoms. The summed E-state index contributed by atoms with van der Waals surface area (Å²) in [5, 5.41) is 0. The molecule has 2 heterocycles. The number of hydrogen-bond acceptors (Lipinski definition) is 2. The summed E-state index contributed by atoms with van der Waals surface area (Å²) in [6, 6.07) is 25.0. The third-order valence-corrected chi connectivity index (χ3v) is 5.40. The van der Waals surface area contributed by atoms with Crippen LogP contribution >= 0.6 is 0 Å². The molecule has 3 aromatic carbocycles. The molecule has 0 fully saturated rings. The van der Waals surface area contributed by atoms with Crippen LogP contribution in [0.3, 0.4) is 0 Å². The van der Waals surface area contributed by atoms with Crippen molar-refractivity contribution in [1.29, 1.82) is 0 Å². The third-order valence-electron chi connectivity index (χ3n) is 5.40. The van der Waals surface area contributed by atoms with Gasteiger partial charge in [-0.15, -0.1) is 0 Å². The van der Waals surface area contributed by atoms with E-state index in [1.807, 2.05) is 30.3 Å². The molecule has 0 saturated carbocycles. The normalized spacial score (nSPS) is 12.6. The Kier molecular flexibility index (Phi) is 4.17. The van der Waals surface area contributed by atoms with Gasteiger partial charge in [0.1, 0.15) is 11.6 Å². The highest BCUT2D eigenvalue weighted by Crippen LogP contribution is 2.26. The summed E-state index contributed by atoms with van der Waals surface area (Å²) < 4.78 is 0. The van der Waals surface area contributed by atoms with Gasteiger partial charge in [0.15, 0.2) is 0 Å². The van der Waals surface area contributed by atoms with Crippen molar-refractivity contribution in [3.63, 3.8) is 0 Å². The van der Waals surface area contributed by atoms with E-state index < -0.39 is 0 Å². The van der Waals surface area contributed by atoms with Crippen molar-refractivity contribution in [2.24, 2.45) is 0 Å². The first kappa shape index (κ1) is 16.8. The van der Waals surface area contributed by atoms with E-state index in [0.717, 1.165) is 46.6 Å². The zero-order valence-corrected chi connectivity index (χ0v) is 15.8. The molecule has 0 amide bonds. The highest BCUT2D eigenvalue weighted by molar-refractivity contribution is 5.75. The second-order valence-corrected chi connectivity index (χ2v) is 7.37. The van der Waals surface area contributed by atoms with E-state index in [9.17, 15) is 0 Å². The fourth-order valence-electron chi connectivity index (χ4n) is 3.87. The molecule has 138 valence electrons. The van der Waals surface area contributed by atoms with Crippen LogP contribution in [0.15, 0.2) is 72.8 Å². The SMILES string of the molecule is Cc1ccccc1C[C@H](Cc1nc2ccccc2[nH]1)c1nc2ccccc2[nH]1. The minimum Gasteiger partial charge on any atom is -0.342 e. The van der Waals surface area contributed by atoms with Crippen LogP contribution in [0.1, 0.15) is 28.7 Å². The van der Waals surface area contributed by atoms with Crippen molar-refractivity contribution in [2.75, 3.05) is 0 Å². The third kappa shape index (κ3) is 3.18. The smallest absolute Gasteiger partial charge is 0.111 e. The molecule has 5 aromatic rings. The van der Waals surface area contributed by atoms with Crippen LogP contribution in [0.4, 0.5) is 0 Å². The number of aromatic amines is 2. The van der Waals surface area contributed by atoms with Gasteiger partial charge in [0.05, 0.1) is 22.1 Å². The zero-order chi connectivity index (χ0) is 18.9. The second-order valence-electron chi connectivity index (χ2n) is 7.37. The highest BCUT2D eigenvalue weighted by atomic mass is 14.9. The van der Waals surface area contributed by atoms with Crippen molar-refractivity contribution in [3.05, 3.63) is 95.6 Å². The molecule has 0 radical (unpaired) electrons. The standard InChI is InChI=1S/C24H22N4/c1-16-8-2-3-9-17(16)14-18(24-27-21-12-6-7-13-22(21)28-24)15-23-25-19-10-4-5-11-20(19)26-23/h2-13,18H,14-15H2,1H3,(H,25,26)(H,27,28)/t18-/m1/s1. The summed E-state index contributed by atoms with van der Waals surface area (Å²) in [5.74, 6) is 2.24. The van der Waals surface area contributed by atoms with Crippen LogP contribution in [-0.4, -0.2) is 19.9 Å². The van der Waals surface area contributed by atoms with E-state index in [1.165, 1.54) is 11.1 Å². The Balaban J connectivity index is 1.54.